The van der Waals surface area contributed by atoms with Gasteiger partial charge in [0.05, 0.1) is 22.6 Å². The molecule has 0 radical (unpaired) electrons. The second-order valence-electron chi connectivity index (χ2n) is 5.99. The summed E-state index contributed by atoms with van der Waals surface area (Å²) >= 11 is 0. The van der Waals surface area contributed by atoms with E-state index in [4.69, 9.17) is 0 Å². The van der Waals surface area contributed by atoms with Gasteiger partial charge in [0.25, 0.3) is 5.91 Å². The molecule has 1 heterocycles. The first-order valence-electron chi connectivity index (χ1n) is 7.98. The van der Waals surface area contributed by atoms with Crippen molar-refractivity contribution in [2.45, 2.75) is 27.7 Å². The Hall–Kier alpha value is -2.88. The van der Waals surface area contributed by atoms with Crippen LogP contribution in [0.1, 0.15) is 32.9 Å². The highest BCUT2D eigenvalue weighted by molar-refractivity contribution is 6.06. The summed E-state index contributed by atoms with van der Waals surface area (Å²) in [5.74, 6) is -0.124. The Bertz CT molecular complexity index is 895. The van der Waals surface area contributed by atoms with E-state index in [-0.39, 0.29) is 5.91 Å². The van der Waals surface area contributed by atoms with Crippen molar-refractivity contribution >= 4 is 11.6 Å². The first kappa shape index (κ1) is 16.0. The smallest absolute Gasteiger partial charge is 0.259 e. The third kappa shape index (κ3) is 2.83. The third-order valence-electron chi connectivity index (χ3n) is 4.37. The molecule has 1 aromatic heterocycles. The highest BCUT2D eigenvalue weighted by Crippen LogP contribution is 2.22. The lowest BCUT2D eigenvalue weighted by molar-refractivity contribution is 0.102. The average Bonchev–Trinajstić information content (AvgIpc) is 2.87. The van der Waals surface area contributed by atoms with Gasteiger partial charge in [-0.05, 0) is 57.0 Å². The lowest BCUT2D eigenvalue weighted by Gasteiger charge is -2.11. The number of benzene rings is 2. The Kier molecular flexibility index (Phi) is 4.21. The monoisotopic (exact) mass is 319 g/mol. The maximum atomic E-state index is 12.8. The van der Waals surface area contributed by atoms with Crippen LogP contribution >= 0.6 is 0 Å². The summed E-state index contributed by atoms with van der Waals surface area (Å²) < 4.78 is 1.81. The lowest BCUT2D eigenvalue weighted by Crippen LogP contribution is -2.15. The Balaban J connectivity index is 1.96. The predicted octanol–water partition coefficient (Wildman–Crippen LogP) is 4.36. The van der Waals surface area contributed by atoms with Crippen molar-refractivity contribution in [2.24, 2.45) is 0 Å². The van der Waals surface area contributed by atoms with Crippen molar-refractivity contribution in [3.8, 4) is 5.69 Å². The fraction of sp³-hybridized carbons (Fsp3) is 0.200. The molecule has 0 aliphatic heterocycles. The first-order chi connectivity index (χ1) is 11.5. The number of nitrogens with one attached hydrogen (secondary N) is 1. The standard InChI is InChI=1S/C20H21N3O/c1-13-9-8-12-18(14(13)2)21-20(24)19-15(3)22-23(16(19)4)17-10-6-5-7-11-17/h5-12H,1-4H3,(H,21,24). The molecule has 0 saturated heterocycles. The molecule has 3 aromatic rings. The summed E-state index contributed by atoms with van der Waals surface area (Å²) in [6, 6.07) is 15.7. The van der Waals surface area contributed by atoms with Gasteiger partial charge in [-0.1, -0.05) is 30.3 Å². The SMILES string of the molecule is Cc1cccc(NC(=O)c2c(C)nn(-c3ccccc3)c2C)c1C. The minimum atomic E-state index is -0.124. The normalized spacial score (nSPS) is 10.7. The molecule has 0 aliphatic rings. The van der Waals surface area contributed by atoms with Crippen molar-refractivity contribution < 1.29 is 4.79 Å². The Morgan fingerprint density at radius 3 is 2.38 bits per heavy atom. The van der Waals surface area contributed by atoms with E-state index in [0.717, 1.165) is 33.9 Å². The maximum absolute atomic E-state index is 12.8. The summed E-state index contributed by atoms with van der Waals surface area (Å²) in [6.07, 6.45) is 0. The molecule has 3 rings (SSSR count). The van der Waals surface area contributed by atoms with Crippen LogP contribution in [0, 0.1) is 27.7 Å². The number of anilines is 1. The molecule has 0 unspecified atom stereocenters. The van der Waals surface area contributed by atoms with E-state index in [9.17, 15) is 4.79 Å². The van der Waals surface area contributed by atoms with E-state index in [2.05, 4.69) is 10.4 Å². The largest absolute Gasteiger partial charge is 0.322 e. The van der Waals surface area contributed by atoms with E-state index in [1.165, 1.54) is 0 Å². The van der Waals surface area contributed by atoms with Gasteiger partial charge in [0, 0.05) is 5.69 Å². The predicted molar refractivity (Wildman–Crippen MR) is 96.9 cm³/mol. The van der Waals surface area contributed by atoms with Crippen LogP contribution in [0.3, 0.4) is 0 Å². The van der Waals surface area contributed by atoms with E-state index < -0.39 is 0 Å². The van der Waals surface area contributed by atoms with Crippen LogP contribution < -0.4 is 5.32 Å². The minimum absolute atomic E-state index is 0.124. The average molecular weight is 319 g/mol. The Morgan fingerprint density at radius 2 is 1.67 bits per heavy atom. The van der Waals surface area contributed by atoms with Crippen molar-refractivity contribution in [1.82, 2.24) is 9.78 Å². The van der Waals surface area contributed by atoms with Crippen LogP contribution in [0.15, 0.2) is 48.5 Å². The summed E-state index contributed by atoms with van der Waals surface area (Å²) in [5, 5.41) is 7.56. The number of aromatic nitrogens is 2. The van der Waals surface area contributed by atoms with Crippen LogP contribution in [-0.4, -0.2) is 15.7 Å². The highest BCUT2D eigenvalue weighted by atomic mass is 16.1. The highest BCUT2D eigenvalue weighted by Gasteiger charge is 2.20. The van der Waals surface area contributed by atoms with Crippen molar-refractivity contribution in [3.63, 3.8) is 0 Å². The molecule has 2 aromatic carbocycles. The van der Waals surface area contributed by atoms with Gasteiger partial charge in [-0.15, -0.1) is 0 Å². The molecule has 0 aliphatic carbocycles. The molecule has 1 amide bonds. The van der Waals surface area contributed by atoms with Gasteiger partial charge >= 0.3 is 0 Å². The number of rotatable bonds is 3. The number of nitrogens with zero attached hydrogens (tertiary/aromatic N) is 2. The van der Waals surface area contributed by atoms with Crippen molar-refractivity contribution in [1.29, 1.82) is 0 Å². The molecule has 4 nitrogen and oxygen atoms in total. The first-order valence-corrected chi connectivity index (χ1v) is 7.98. The summed E-state index contributed by atoms with van der Waals surface area (Å²) in [4.78, 5) is 12.8. The topological polar surface area (TPSA) is 46.9 Å². The van der Waals surface area contributed by atoms with Crippen LogP contribution in [0.2, 0.25) is 0 Å². The Labute approximate surface area is 142 Å². The fourth-order valence-electron chi connectivity index (χ4n) is 2.86. The van der Waals surface area contributed by atoms with Crippen molar-refractivity contribution in [2.75, 3.05) is 5.32 Å². The molecule has 0 fully saturated rings. The summed E-state index contributed by atoms with van der Waals surface area (Å²) in [5.41, 5.74) is 6.20. The second-order valence-corrected chi connectivity index (χ2v) is 5.99. The van der Waals surface area contributed by atoms with Gasteiger partial charge in [0.1, 0.15) is 0 Å². The lowest BCUT2D eigenvalue weighted by atomic mass is 10.1. The Morgan fingerprint density at radius 1 is 0.958 bits per heavy atom. The van der Waals surface area contributed by atoms with Gasteiger partial charge in [-0.2, -0.15) is 5.10 Å². The summed E-state index contributed by atoms with van der Waals surface area (Å²) in [6.45, 7) is 7.84. The molecular weight excluding hydrogens is 298 g/mol. The van der Waals surface area contributed by atoms with E-state index >= 15 is 0 Å². The number of carbonyl (C=O) groups excluding carboxylic acids is 1. The molecule has 4 heteroatoms. The zero-order valence-electron chi connectivity index (χ0n) is 14.4. The zero-order chi connectivity index (χ0) is 17.3. The number of amides is 1. The number of carbonyl (C=O) groups is 1. The van der Waals surface area contributed by atoms with Crippen molar-refractivity contribution in [3.05, 3.63) is 76.6 Å². The fourth-order valence-corrected chi connectivity index (χ4v) is 2.86. The molecule has 24 heavy (non-hydrogen) atoms. The molecule has 0 bridgehead atoms. The van der Waals surface area contributed by atoms with Crippen LogP contribution in [0.25, 0.3) is 5.69 Å². The molecular formula is C20H21N3O. The van der Waals surface area contributed by atoms with Gasteiger partial charge in [-0.3, -0.25) is 4.79 Å². The number of hydrogen-bond donors (Lipinski definition) is 1. The molecule has 0 atom stereocenters. The van der Waals surface area contributed by atoms with E-state index in [1.807, 2.05) is 80.9 Å². The van der Waals surface area contributed by atoms with Gasteiger partial charge in [0.2, 0.25) is 0 Å². The van der Waals surface area contributed by atoms with E-state index in [1.54, 1.807) is 0 Å². The van der Waals surface area contributed by atoms with Gasteiger partial charge in [-0.25, -0.2) is 4.68 Å². The zero-order valence-corrected chi connectivity index (χ0v) is 14.4. The van der Waals surface area contributed by atoms with Gasteiger partial charge in [0.15, 0.2) is 0 Å². The molecule has 1 N–H and O–H groups in total. The molecule has 0 spiro atoms. The molecule has 122 valence electrons. The number of para-hydroxylation sites is 1. The molecule has 0 saturated carbocycles. The van der Waals surface area contributed by atoms with Crippen LogP contribution in [-0.2, 0) is 0 Å². The van der Waals surface area contributed by atoms with Crippen LogP contribution in [0.4, 0.5) is 5.69 Å². The summed E-state index contributed by atoms with van der Waals surface area (Å²) in [7, 11) is 0. The van der Waals surface area contributed by atoms with E-state index in [0.29, 0.717) is 5.56 Å². The van der Waals surface area contributed by atoms with Gasteiger partial charge < -0.3 is 5.32 Å². The van der Waals surface area contributed by atoms with Crippen LogP contribution in [0.5, 0.6) is 0 Å². The second kappa shape index (κ2) is 6.32. The third-order valence-corrected chi connectivity index (χ3v) is 4.37. The maximum Gasteiger partial charge on any atom is 0.259 e. The quantitative estimate of drug-likeness (QED) is 0.780. The number of aryl methyl sites for hydroxylation is 2. The minimum Gasteiger partial charge on any atom is -0.322 e. The number of hydrogen-bond acceptors (Lipinski definition) is 2.